The van der Waals surface area contributed by atoms with Gasteiger partial charge in [0.1, 0.15) is 5.92 Å². The fraction of sp³-hybridized carbons (Fsp3) is 0.846. The average Bonchev–Trinajstić information content (AvgIpc) is 3.07. The maximum Gasteiger partial charge on any atom is 0.316 e. The minimum atomic E-state index is -0.916. The second-order valence-electron chi connectivity index (χ2n) is 5.71. The zero-order valence-corrected chi connectivity index (χ0v) is 12.5. The normalized spacial score (nSPS) is 22.6. The Bertz CT molecular complexity index is 400. The predicted molar refractivity (Wildman–Crippen MR) is 71.6 cm³/mol. The van der Waals surface area contributed by atoms with Crippen LogP contribution in [0.2, 0.25) is 0 Å². The van der Waals surface area contributed by atoms with Crippen molar-refractivity contribution in [3.8, 4) is 0 Å². The van der Waals surface area contributed by atoms with Crippen molar-refractivity contribution in [2.24, 2.45) is 5.92 Å². The van der Waals surface area contributed by atoms with Crippen LogP contribution >= 0.6 is 0 Å². The van der Waals surface area contributed by atoms with E-state index in [0.29, 0.717) is 0 Å². The van der Waals surface area contributed by atoms with Crippen LogP contribution in [-0.2, 0) is 14.3 Å². The second kappa shape index (κ2) is 6.19. The van der Waals surface area contributed by atoms with Gasteiger partial charge in [0.05, 0.1) is 0 Å². The molecule has 0 aliphatic heterocycles. The number of amides is 1. The van der Waals surface area contributed by atoms with Gasteiger partial charge in [-0.05, 0) is 34.6 Å². The van der Waals surface area contributed by atoms with Gasteiger partial charge < -0.3 is 9.64 Å². The van der Waals surface area contributed by atoms with Crippen molar-refractivity contribution in [3.63, 3.8) is 0 Å². The van der Waals surface area contributed by atoms with Crippen molar-refractivity contribution < 1.29 is 19.2 Å². The first kappa shape index (κ1) is 16.4. The molecular formula is C13H22N2O5. The van der Waals surface area contributed by atoms with Gasteiger partial charge in [-0.2, -0.15) is 0 Å². The summed E-state index contributed by atoms with van der Waals surface area (Å²) in [7, 11) is 0. The van der Waals surface area contributed by atoms with Crippen LogP contribution in [0.15, 0.2) is 0 Å². The summed E-state index contributed by atoms with van der Waals surface area (Å²) in [5, 5.41) is 10.5. The summed E-state index contributed by atoms with van der Waals surface area (Å²) in [6.07, 6.45) is -0.717. The van der Waals surface area contributed by atoms with Crippen LogP contribution in [0.1, 0.15) is 41.0 Å². The summed E-state index contributed by atoms with van der Waals surface area (Å²) in [6, 6.07) is -0.858. The molecule has 0 bridgehead atoms. The Kier molecular flexibility index (Phi) is 5.08. The fourth-order valence-corrected chi connectivity index (χ4v) is 2.30. The van der Waals surface area contributed by atoms with Crippen LogP contribution in [0.25, 0.3) is 0 Å². The Morgan fingerprint density at radius 1 is 1.20 bits per heavy atom. The van der Waals surface area contributed by atoms with Crippen molar-refractivity contribution in [2.75, 3.05) is 0 Å². The van der Waals surface area contributed by atoms with Gasteiger partial charge in [-0.1, -0.05) is 0 Å². The molecule has 1 aliphatic rings. The highest BCUT2D eigenvalue weighted by atomic mass is 16.6. The molecule has 20 heavy (non-hydrogen) atoms. The smallest absolute Gasteiger partial charge is 0.316 e. The Balaban J connectivity index is 2.58. The molecule has 1 rings (SSSR count). The van der Waals surface area contributed by atoms with E-state index in [2.05, 4.69) is 0 Å². The molecule has 1 amide bonds. The number of hydrogen-bond donors (Lipinski definition) is 0. The summed E-state index contributed by atoms with van der Waals surface area (Å²) in [5.74, 6) is -1.63. The average molecular weight is 286 g/mol. The summed E-state index contributed by atoms with van der Waals surface area (Å²) < 4.78 is 5.06. The van der Waals surface area contributed by atoms with Crippen LogP contribution in [-0.4, -0.2) is 45.9 Å². The third-order valence-electron chi connectivity index (χ3n) is 3.34. The van der Waals surface area contributed by atoms with Gasteiger partial charge in [-0.25, -0.2) is 0 Å². The molecule has 0 heterocycles. The van der Waals surface area contributed by atoms with Gasteiger partial charge in [0.15, 0.2) is 6.10 Å². The Labute approximate surface area is 118 Å². The number of nitrogens with zero attached hydrogens (tertiary/aromatic N) is 2. The van der Waals surface area contributed by atoms with Crippen molar-refractivity contribution in [1.29, 1.82) is 0 Å². The van der Waals surface area contributed by atoms with Crippen molar-refractivity contribution in [1.82, 2.24) is 4.90 Å². The monoisotopic (exact) mass is 286 g/mol. The molecule has 7 nitrogen and oxygen atoms in total. The molecule has 0 N–H and O–H groups in total. The molecule has 3 unspecified atom stereocenters. The zero-order chi connectivity index (χ0) is 15.6. The lowest BCUT2D eigenvalue weighted by Gasteiger charge is -2.32. The number of carbonyl (C=O) groups is 2. The third-order valence-corrected chi connectivity index (χ3v) is 3.34. The van der Waals surface area contributed by atoms with Crippen LogP contribution in [0.5, 0.6) is 0 Å². The van der Waals surface area contributed by atoms with E-state index in [-0.39, 0.29) is 24.4 Å². The van der Waals surface area contributed by atoms with Gasteiger partial charge in [0.2, 0.25) is 6.04 Å². The Morgan fingerprint density at radius 2 is 1.70 bits per heavy atom. The molecule has 1 saturated carbocycles. The number of nitro groups is 1. The maximum absolute atomic E-state index is 12.2. The molecule has 0 saturated heterocycles. The third kappa shape index (κ3) is 3.68. The molecule has 1 aliphatic carbocycles. The molecule has 7 heteroatoms. The Hall–Kier alpha value is -1.66. The molecule has 3 atom stereocenters. The summed E-state index contributed by atoms with van der Waals surface area (Å²) in [5.41, 5.74) is 0. The van der Waals surface area contributed by atoms with E-state index in [9.17, 15) is 19.7 Å². The fourth-order valence-electron chi connectivity index (χ4n) is 2.30. The van der Waals surface area contributed by atoms with Gasteiger partial charge in [-0.3, -0.25) is 19.7 Å². The van der Waals surface area contributed by atoms with E-state index in [1.165, 1.54) is 6.92 Å². The number of rotatable bonds is 6. The summed E-state index contributed by atoms with van der Waals surface area (Å²) in [6.45, 7) is 9.04. The zero-order valence-electron chi connectivity index (χ0n) is 12.5. The highest BCUT2D eigenvalue weighted by molar-refractivity contribution is 5.85. The van der Waals surface area contributed by atoms with Crippen LogP contribution in [0.4, 0.5) is 0 Å². The van der Waals surface area contributed by atoms with Gasteiger partial charge in [0.25, 0.3) is 5.91 Å². The van der Waals surface area contributed by atoms with Gasteiger partial charge in [-0.15, -0.1) is 0 Å². The SMILES string of the molecule is CC(OC(=O)C1CC1[N+](=O)[O-])C(=O)N(C(C)C)C(C)C. The number of esters is 1. The highest BCUT2D eigenvalue weighted by Crippen LogP contribution is 2.34. The van der Waals surface area contributed by atoms with Crippen molar-refractivity contribution in [3.05, 3.63) is 10.1 Å². The van der Waals surface area contributed by atoms with Gasteiger partial charge in [0, 0.05) is 23.4 Å². The van der Waals surface area contributed by atoms with Crippen molar-refractivity contribution in [2.45, 2.75) is 65.3 Å². The molecule has 0 aromatic heterocycles. The van der Waals surface area contributed by atoms with E-state index in [1.54, 1.807) is 4.90 Å². The molecular weight excluding hydrogens is 264 g/mol. The standard InChI is InChI=1S/C13H22N2O5/c1-7(2)14(8(3)4)12(16)9(5)20-13(17)10-6-11(10)15(18)19/h7-11H,6H2,1-5H3. The minimum absolute atomic E-state index is 0.00361. The van der Waals surface area contributed by atoms with Crippen LogP contribution in [0.3, 0.4) is 0 Å². The number of carbonyl (C=O) groups excluding carboxylic acids is 2. The van der Waals surface area contributed by atoms with E-state index < -0.39 is 29.0 Å². The van der Waals surface area contributed by atoms with E-state index >= 15 is 0 Å². The molecule has 1 fully saturated rings. The Morgan fingerprint density at radius 3 is 2.05 bits per heavy atom. The molecule has 0 spiro atoms. The predicted octanol–water partition coefficient (Wildman–Crippen LogP) is 1.23. The molecule has 0 radical (unpaired) electrons. The van der Waals surface area contributed by atoms with E-state index in [0.717, 1.165) is 0 Å². The highest BCUT2D eigenvalue weighted by Gasteiger charge is 2.55. The first-order valence-corrected chi connectivity index (χ1v) is 6.83. The largest absolute Gasteiger partial charge is 0.452 e. The lowest BCUT2D eigenvalue weighted by atomic mass is 10.2. The maximum atomic E-state index is 12.2. The minimum Gasteiger partial charge on any atom is -0.452 e. The quantitative estimate of drug-likeness (QED) is 0.416. The first-order chi connectivity index (χ1) is 9.16. The number of ether oxygens (including phenoxy) is 1. The molecule has 114 valence electrons. The van der Waals surface area contributed by atoms with Crippen LogP contribution in [0, 0.1) is 16.0 Å². The van der Waals surface area contributed by atoms with E-state index in [1.807, 2.05) is 27.7 Å². The lowest BCUT2D eigenvalue weighted by Crippen LogP contribution is -2.47. The van der Waals surface area contributed by atoms with Crippen LogP contribution < -0.4 is 0 Å². The van der Waals surface area contributed by atoms with E-state index in [4.69, 9.17) is 4.74 Å². The second-order valence-corrected chi connectivity index (χ2v) is 5.71. The first-order valence-electron chi connectivity index (χ1n) is 6.83. The number of hydrogen-bond acceptors (Lipinski definition) is 5. The van der Waals surface area contributed by atoms with Gasteiger partial charge >= 0.3 is 5.97 Å². The molecule has 0 aromatic rings. The topological polar surface area (TPSA) is 89.7 Å². The molecule has 0 aromatic carbocycles. The van der Waals surface area contributed by atoms with Crippen molar-refractivity contribution >= 4 is 11.9 Å². The summed E-state index contributed by atoms with van der Waals surface area (Å²) in [4.78, 5) is 35.6. The summed E-state index contributed by atoms with van der Waals surface area (Å²) >= 11 is 0. The lowest BCUT2D eigenvalue weighted by molar-refractivity contribution is -0.497.